The molecule has 0 radical (unpaired) electrons. The highest BCUT2D eigenvalue weighted by Crippen LogP contribution is 2.31. The summed E-state index contributed by atoms with van der Waals surface area (Å²) in [5.74, 6) is -0.395. The van der Waals surface area contributed by atoms with Crippen molar-refractivity contribution in [1.29, 1.82) is 0 Å². The predicted molar refractivity (Wildman–Crippen MR) is 102 cm³/mol. The Kier molecular flexibility index (Phi) is 4.84. The van der Waals surface area contributed by atoms with Crippen molar-refractivity contribution < 1.29 is 9.53 Å². The van der Waals surface area contributed by atoms with Gasteiger partial charge in [-0.3, -0.25) is 4.99 Å². The third-order valence-electron chi connectivity index (χ3n) is 3.91. The molecule has 0 spiro atoms. The van der Waals surface area contributed by atoms with Crippen molar-refractivity contribution in [2.75, 3.05) is 25.6 Å². The van der Waals surface area contributed by atoms with Crippen molar-refractivity contribution in [2.24, 2.45) is 4.99 Å². The first-order chi connectivity index (χ1) is 12.1. The zero-order chi connectivity index (χ0) is 17.8. The number of H-pyrrole nitrogens is 1. The van der Waals surface area contributed by atoms with Gasteiger partial charge in [0.25, 0.3) is 0 Å². The lowest BCUT2D eigenvalue weighted by Crippen LogP contribution is -2.08. The van der Waals surface area contributed by atoms with Crippen LogP contribution in [0.4, 0.5) is 11.4 Å². The molecule has 3 aromatic rings. The van der Waals surface area contributed by atoms with E-state index in [1.54, 1.807) is 13.1 Å². The molecule has 1 heterocycles. The zero-order valence-electron chi connectivity index (χ0n) is 14.6. The van der Waals surface area contributed by atoms with Gasteiger partial charge < -0.3 is 14.6 Å². The van der Waals surface area contributed by atoms with Crippen LogP contribution in [0, 0.1) is 0 Å². The molecule has 128 valence electrons. The molecule has 0 saturated carbocycles. The standard InChI is InChI=1S/C20H21N3O2/c1-4-25-20(24)19-18(16-7-5-6-8-17(16)22-19)21-13-14-9-11-15(12-10-14)23(2)3/h5-13,22H,4H2,1-3H3. The number of benzene rings is 2. The molecular weight excluding hydrogens is 314 g/mol. The number of aliphatic imine (C=N–C) groups is 1. The second-order valence-electron chi connectivity index (χ2n) is 5.86. The Morgan fingerprint density at radius 1 is 1.16 bits per heavy atom. The van der Waals surface area contributed by atoms with Crippen LogP contribution in [0.3, 0.4) is 0 Å². The summed E-state index contributed by atoms with van der Waals surface area (Å²) in [5.41, 5.74) is 3.93. The van der Waals surface area contributed by atoms with E-state index in [1.807, 2.05) is 67.5 Å². The maximum atomic E-state index is 12.2. The zero-order valence-corrected chi connectivity index (χ0v) is 14.6. The summed E-state index contributed by atoms with van der Waals surface area (Å²) in [7, 11) is 4.00. The summed E-state index contributed by atoms with van der Waals surface area (Å²) in [5, 5.41) is 0.895. The average Bonchev–Trinajstić information content (AvgIpc) is 2.99. The van der Waals surface area contributed by atoms with Crippen molar-refractivity contribution in [3.63, 3.8) is 0 Å². The highest BCUT2D eigenvalue weighted by atomic mass is 16.5. The van der Waals surface area contributed by atoms with Crippen LogP contribution in [0.5, 0.6) is 0 Å². The molecule has 0 bridgehead atoms. The largest absolute Gasteiger partial charge is 0.461 e. The fraction of sp³-hybridized carbons (Fsp3) is 0.200. The van der Waals surface area contributed by atoms with Gasteiger partial charge in [0.1, 0.15) is 5.69 Å². The Bertz CT molecular complexity index is 908. The van der Waals surface area contributed by atoms with Crippen molar-refractivity contribution in [2.45, 2.75) is 6.92 Å². The van der Waals surface area contributed by atoms with Crippen molar-refractivity contribution >= 4 is 34.5 Å². The number of carbonyl (C=O) groups is 1. The molecule has 0 amide bonds. The number of aromatic amines is 1. The van der Waals surface area contributed by atoms with E-state index in [4.69, 9.17) is 4.74 Å². The van der Waals surface area contributed by atoms with E-state index in [9.17, 15) is 4.79 Å². The first kappa shape index (κ1) is 16.8. The van der Waals surface area contributed by atoms with Crippen LogP contribution >= 0.6 is 0 Å². The molecule has 3 rings (SSSR count). The van der Waals surface area contributed by atoms with E-state index < -0.39 is 5.97 Å². The average molecular weight is 335 g/mol. The Morgan fingerprint density at radius 3 is 2.56 bits per heavy atom. The summed E-state index contributed by atoms with van der Waals surface area (Å²) in [6.45, 7) is 2.11. The Morgan fingerprint density at radius 2 is 1.88 bits per heavy atom. The van der Waals surface area contributed by atoms with Crippen LogP contribution in [-0.2, 0) is 4.74 Å². The minimum atomic E-state index is -0.395. The Balaban J connectivity index is 1.99. The highest BCUT2D eigenvalue weighted by Gasteiger charge is 2.17. The summed E-state index contributed by atoms with van der Waals surface area (Å²) < 4.78 is 5.14. The van der Waals surface area contributed by atoms with Crippen LogP contribution in [0.15, 0.2) is 53.5 Å². The van der Waals surface area contributed by atoms with E-state index in [-0.39, 0.29) is 0 Å². The topological polar surface area (TPSA) is 57.7 Å². The van der Waals surface area contributed by atoms with Crippen molar-refractivity contribution in [1.82, 2.24) is 4.98 Å². The summed E-state index contributed by atoms with van der Waals surface area (Å²) in [6, 6.07) is 15.8. The molecular formula is C20H21N3O2. The lowest BCUT2D eigenvalue weighted by molar-refractivity contribution is 0.0521. The van der Waals surface area contributed by atoms with Gasteiger partial charge in [-0.15, -0.1) is 0 Å². The molecule has 5 nitrogen and oxygen atoms in total. The Labute approximate surface area is 146 Å². The van der Waals surface area contributed by atoms with Crippen molar-refractivity contribution in [3.05, 3.63) is 59.8 Å². The molecule has 0 fully saturated rings. The van der Waals surface area contributed by atoms with Crippen molar-refractivity contribution in [3.8, 4) is 0 Å². The number of hydrogen-bond donors (Lipinski definition) is 1. The van der Waals surface area contributed by atoms with E-state index in [0.29, 0.717) is 18.0 Å². The van der Waals surface area contributed by atoms with Gasteiger partial charge in [-0.1, -0.05) is 30.3 Å². The predicted octanol–water partition coefficient (Wildman–Crippen LogP) is 4.16. The monoisotopic (exact) mass is 335 g/mol. The molecule has 0 aliphatic rings. The Hall–Kier alpha value is -3.08. The van der Waals surface area contributed by atoms with Crippen LogP contribution in [0.25, 0.3) is 10.9 Å². The molecule has 0 saturated heterocycles. The van der Waals surface area contributed by atoms with Gasteiger partial charge in [-0.2, -0.15) is 0 Å². The number of carbonyl (C=O) groups excluding carboxylic acids is 1. The van der Waals surface area contributed by atoms with E-state index in [1.165, 1.54) is 0 Å². The number of rotatable bonds is 5. The van der Waals surface area contributed by atoms with Gasteiger partial charge >= 0.3 is 5.97 Å². The third-order valence-corrected chi connectivity index (χ3v) is 3.91. The molecule has 5 heteroatoms. The maximum Gasteiger partial charge on any atom is 0.357 e. The summed E-state index contributed by atoms with van der Waals surface area (Å²) >= 11 is 0. The van der Waals surface area contributed by atoms with Crippen LogP contribution in [0.2, 0.25) is 0 Å². The minimum Gasteiger partial charge on any atom is -0.461 e. The van der Waals surface area contributed by atoms with Gasteiger partial charge in [0.15, 0.2) is 5.69 Å². The summed E-state index contributed by atoms with van der Waals surface area (Å²) in [6.07, 6.45) is 1.76. The van der Waals surface area contributed by atoms with E-state index in [2.05, 4.69) is 9.98 Å². The van der Waals surface area contributed by atoms with E-state index in [0.717, 1.165) is 22.2 Å². The fourth-order valence-corrected chi connectivity index (χ4v) is 2.61. The smallest absolute Gasteiger partial charge is 0.357 e. The van der Waals surface area contributed by atoms with Gasteiger partial charge in [0.05, 0.1) is 6.61 Å². The number of ether oxygens (including phenoxy) is 1. The third kappa shape index (κ3) is 3.55. The molecule has 1 N–H and O–H groups in total. The lowest BCUT2D eigenvalue weighted by Gasteiger charge is -2.11. The minimum absolute atomic E-state index is 0.323. The number of fused-ring (bicyclic) bond motifs is 1. The molecule has 0 aliphatic heterocycles. The number of hydrogen-bond acceptors (Lipinski definition) is 4. The molecule has 2 aromatic carbocycles. The molecule has 0 unspecified atom stereocenters. The van der Waals surface area contributed by atoms with E-state index >= 15 is 0 Å². The number of esters is 1. The normalized spacial score (nSPS) is 11.2. The fourth-order valence-electron chi connectivity index (χ4n) is 2.61. The van der Waals surface area contributed by atoms with Crippen LogP contribution in [0.1, 0.15) is 23.0 Å². The second kappa shape index (κ2) is 7.21. The molecule has 1 aromatic heterocycles. The first-order valence-corrected chi connectivity index (χ1v) is 8.19. The number of para-hydroxylation sites is 1. The molecule has 0 aliphatic carbocycles. The first-order valence-electron chi connectivity index (χ1n) is 8.19. The second-order valence-corrected chi connectivity index (χ2v) is 5.86. The van der Waals surface area contributed by atoms with Crippen LogP contribution in [-0.4, -0.2) is 37.9 Å². The number of anilines is 1. The molecule has 25 heavy (non-hydrogen) atoms. The molecule has 0 atom stereocenters. The van der Waals surface area contributed by atoms with Crippen LogP contribution < -0.4 is 4.90 Å². The number of nitrogens with one attached hydrogen (secondary N) is 1. The quantitative estimate of drug-likeness (QED) is 0.562. The maximum absolute atomic E-state index is 12.2. The lowest BCUT2D eigenvalue weighted by atomic mass is 10.2. The highest BCUT2D eigenvalue weighted by molar-refractivity contribution is 6.06. The summed E-state index contributed by atoms with van der Waals surface area (Å²) in [4.78, 5) is 22.0. The van der Waals surface area contributed by atoms with Gasteiger partial charge in [0, 0.05) is 36.9 Å². The number of nitrogens with zero attached hydrogens (tertiary/aromatic N) is 2. The SMILES string of the molecule is CCOC(=O)c1[nH]c2ccccc2c1N=Cc1ccc(N(C)C)cc1. The van der Waals surface area contributed by atoms with Gasteiger partial charge in [-0.25, -0.2) is 4.79 Å². The van der Waals surface area contributed by atoms with Gasteiger partial charge in [0.2, 0.25) is 0 Å². The number of aromatic nitrogens is 1. The van der Waals surface area contributed by atoms with Gasteiger partial charge in [-0.05, 0) is 30.7 Å².